The van der Waals surface area contributed by atoms with Gasteiger partial charge in [-0.25, -0.2) is 10.2 Å². The first kappa shape index (κ1) is 15.2. The van der Waals surface area contributed by atoms with E-state index in [-0.39, 0.29) is 17.7 Å². The Balaban J connectivity index is 2.49. The van der Waals surface area contributed by atoms with Crippen LogP contribution in [0.25, 0.3) is 10.1 Å². The van der Waals surface area contributed by atoms with E-state index in [4.69, 9.17) is 10.9 Å². The minimum atomic E-state index is -0.419. The quantitative estimate of drug-likeness (QED) is 0.449. The van der Waals surface area contributed by atoms with E-state index in [1.54, 1.807) is 12.1 Å². The van der Waals surface area contributed by atoms with Crippen LogP contribution in [0.1, 0.15) is 22.2 Å². The molecule has 1 unspecified atom stereocenters. The number of nitrogen functional groups attached to an aromatic ring is 1. The number of nitrogens with two attached hydrogens (primary N) is 1. The normalized spacial score (nSPS) is 12.6. The summed E-state index contributed by atoms with van der Waals surface area (Å²) in [5.41, 5.74) is 2.73. The van der Waals surface area contributed by atoms with Crippen molar-refractivity contribution in [2.24, 2.45) is 5.84 Å². The predicted octanol–water partition coefficient (Wildman–Crippen LogP) is 2.26. The number of hydrazine groups is 1. The lowest BCUT2D eigenvalue weighted by Gasteiger charge is -2.08. The molecule has 1 heterocycles. The summed E-state index contributed by atoms with van der Waals surface area (Å²) in [6.07, 6.45) is 0. The first-order valence-electron chi connectivity index (χ1n) is 6.01. The van der Waals surface area contributed by atoms with Crippen molar-refractivity contribution in [3.05, 3.63) is 34.5 Å². The Hall–Kier alpha value is -1.15. The summed E-state index contributed by atoms with van der Waals surface area (Å²) in [7, 11) is 0. The summed E-state index contributed by atoms with van der Waals surface area (Å²) in [5.74, 6) is 4.87. The highest BCUT2D eigenvalue weighted by Crippen LogP contribution is 2.36. The van der Waals surface area contributed by atoms with Gasteiger partial charge in [-0.3, -0.25) is 10.2 Å². The van der Waals surface area contributed by atoms with Crippen molar-refractivity contribution in [3.63, 3.8) is 0 Å². The van der Waals surface area contributed by atoms with Gasteiger partial charge in [0.2, 0.25) is 0 Å². The average Bonchev–Trinajstić information content (AvgIpc) is 2.83. The number of rotatable bonds is 5. The molecule has 2 rings (SSSR count). The molecule has 1 atom stereocenters. The SMILES string of the molecule is CC(CO)SCc1c(C(=O)NN)sc2cccc(F)c12. The monoisotopic (exact) mass is 314 g/mol. The van der Waals surface area contributed by atoms with Crippen LogP contribution in [0.2, 0.25) is 0 Å². The van der Waals surface area contributed by atoms with E-state index in [1.165, 1.54) is 29.2 Å². The molecule has 0 saturated heterocycles. The summed E-state index contributed by atoms with van der Waals surface area (Å²) < 4.78 is 14.7. The number of aliphatic hydroxyl groups excluding tert-OH is 1. The predicted molar refractivity (Wildman–Crippen MR) is 81.3 cm³/mol. The lowest BCUT2D eigenvalue weighted by molar-refractivity contribution is 0.0957. The Morgan fingerprint density at radius 1 is 1.60 bits per heavy atom. The maximum Gasteiger partial charge on any atom is 0.275 e. The molecular formula is C13H15FN2O2S2. The number of thiophene rings is 1. The van der Waals surface area contributed by atoms with Crippen molar-refractivity contribution >= 4 is 39.1 Å². The zero-order valence-corrected chi connectivity index (χ0v) is 12.5. The summed E-state index contributed by atoms with van der Waals surface area (Å²) >= 11 is 2.69. The van der Waals surface area contributed by atoms with Crippen molar-refractivity contribution in [2.45, 2.75) is 17.9 Å². The number of carbonyl (C=O) groups is 1. The number of carbonyl (C=O) groups excluding carboxylic acids is 1. The number of nitrogens with one attached hydrogen (secondary N) is 1. The zero-order valence-electron chi connectivity index (χ0n) is 10.9. The molecule has 4 nitrogen and oxygen atoms in total. The molecule has 0 saturated carbocycles. The van der Waals surface area contributed by atoms with Gasteiger partial charge < -0.3 is 5.11 Å². The van der Waals surface area contributed by atoms with E-state index in [1.807, 2.05) is 6.92 Å². The maximum atomic E-state index is 14.0. The van der Waals surface area contributed by atoms with Crippen LogP contribution in [0, 0.1) is 5.82 Å². The molecule has 1 amide bonds. The van der Waals surface area contributed by atoms with E-state index in [0.717, 1.165) is 4.70 Å². The molecule has 0 fully saturated rings. The van der Waals surface area contributed by atoms with E-state index < -0.39 is 5.91 Å². The number of thioether (sulfide) groups is 1. The molecule has 0 aliphatic carbocycles. The Kier molecular flexibility index (Phi) is 4.98. The van der Waals surface area contributed by atoms with E-state index >= 15 is 0 Å². The summed E-state index contributed by atoms with van der Waals surface area (Å²) in [4.78, 5) is 12.2. The van der Waals surface area contributed by atoms with E-state index in [0.29, 0.717) is 21.6 Å². The highest BCUT2D eigenvalue weighted by molar-refractivity contribution is 7.99. The highest BCUT2D eigenvalue weighted by Gasteiger charge is 2.20. The van der Waals surface area contributed by atoms with E-state index in [2.05, 4.69) is 5.43 Å². The molecule has 0 aliphatic heterocycles. The maximum absolute atomic E-state index is 14.0. The molecular weight excluding hydrogens is 299 g/mol. The van der Waals surface area contributed by atoms with Crippen molar-refractivity contribution in [1.82, 2.24) is 5.43 Å². The minimum absolute atomic E-state index is 0.0190. The molecule has 108 valence electrons. The molecule has 1 aromatic carbocycles. The van der Waals surface area contributed by atoms with Gasteiger partial charge in [0.1, 0.15) is 5.82 Å². The van der Waals surface area contributed by atoms with Gasteiger partial charge in [-0.15, -0.1) is 11.3 Å². The Morgan fingerprint density at radius 2 is 2.35 bits per heavy atom. The van der Waals surface area contributed by atoms with E-state index in [9.17, 15) is 9.18 Å². The molecule has 0 spiro atoms. The van der Waals surface area contributed by atoms with Crippen LogP contribution >= 0.6 is 23.1 Å². The van der Waals surface area contributed by atoms with Gasteiger partial charge in [0, 0.05) is 21.1 Å². The second kappa shape index (κ2) is 6.53. The minimum Gasteiger partial charge on any atom is -0.395 e. The Morgan fingerprint density at radius 3 is 3.00 bits per heavy atom. The fraction of sp³-hybridized carbons (Fsp3) is 0.308. The van der Waals surface area contributed by atoms with Crippen LogP contribution in [0.3, 0.4) is 0 Å². The summed E-state index contributed by atoms with van der Waals surface area (Å²) in [6, 6.07) is 4.77. The smallest absolute Gasteiger partial charge is 0.275 e. The fourth-order valence-electron chi connectivity index (χ4n) is 1.83. The second-order valence-corrected chi connectivity index (χ2v) is 6.78. The number of amides is 1. The molecule has 2 aromatic rings. The van der Waals surface area contributed by atoms with Crippen molar-refractivity contribution in [1.29, 1.82) is 0 Å². The lowest BCUT2D eigenvalue weighted by Crippen LogP contribution is -2.29. The van der Waals surface area contributed by atoms with Gasteiger partial charge in [0.25, 0.3) is 5.91 Å². The highest BCUT2D eigenvalue weighted by atomic mass is 32.2. The fourth-order valence-corrected chi connectivity index (χ4v) is 3.91. The lowest BCUT2D eigenvalue weighted by atomic mass is 10.1. The second-order valence-electron chi connectivity index (χ2n) is 4.30. The molecule has 0 radical (unpaired) electrons. The number of fused-ring (bicyclic) bond motifs is 1. The molecule has 4 N–H and O–H groups in total. The number of hydrogen-bond donors (Lipinski definition) is 3. The van der Waals surface area contributed by atoms with Crippen LogP contribution in [0.4, 0.5) is 4.39 Å². The van der Waals surface area contributed by atoms with Gasteiger partial charge in [-0.1, -0.05) is 13.0 Å². The molecule has 7 heteroatoms. The van der Waals surface area contributed by atoms with Gasteiger partial charge >= 0.3 is 0 Å². The van der Waals surface area contributed by atoms with Gasteiger partial charge in [-0.2, -0.15) is 11.8 Å². The number of halogens is 1. The van der Waals surface area contributed by atoms with Gasteiger partial charge in [0.15, 0.2) is 0 Å². The van der Waals surface area contributed by atoms with Crippen LogP contribution in [-0.4, -0.2) is 22.9 Å². The number of benzene rings is 1. The average molecular weight is 314 g/mol. The van der Waals surface area contributed by atoms with Gasteiger partial charge in [0.05, 0.1) is 11.5 Å². The van der Waals surface area contributed by atoms with Crippen molar-refractivity contribution in [3.8, 4) is 0 Å². The van der Waals surface area contributed by atoms with Crippen LogP contribution in [-0.2, 0) is 5.75 Å². The first-order valence-corrected chi connectivity index (χ1v) is 7.88. The molecule has 20 heavy (non-hydrogen) atoms. The number of aliphatic hydroxyl groups is 1. The van der Waals surface area contributed by atoms with Crippen LogP contribution in [0.15, 0.2) is 18.2 Å². The third-order valence-corrected chi connectivity index (χ3v) is 5.24. The Labute approximate surface area is 124 Å². The van der Waals surface area contributed by atoms with Gasteiger partial charge in [-0.05, 0) is 17.7 Å². The van der Waals surface area contributed by atoms with Crippen LogP contribution in [0.5, 0.6) is 0 Å². The first-order chi connectivity index (χ1) is 9.58. The number of hydrogen-bond acceptors (Lipinski definition) is 5. The van der Waals surface area contributed by atoms with Crippen LogP contribution < -0.4 is 11.3 Å². The standard InChI is InChI=1S/C13H15FN2O2S2/c1-7(5-17)19-6-8-11-9(14)3-2-4-10(11)20-12(8)13(18)16-15/h2-4,7,17H,5-6,15H2,1H3,(H,16,18). The summed E-state index contributed by atoms with van der Waals surface area (Å²) in [5, 5.41) is 9.55. The third kappa shape index (κ3) is 2.95. The summed E-state index contributed by atoms with van der Waals surface area (Å²) in [6.45, 7) is 1.91. The zero-order chi connectivity index (χ0) is 14.7. The Bertz CT molecular complexity index is 630. The molecule has 0 aliphatic rings. The molecule has 0 bridgehead atoms. The van der Waals surface area contributed by atoms with Crippen molar-refractivity contribution < 1.29 is 14.3 Å². The largest absolute Gasteiger partial charge is 0.395 e. The molecule has 1 aromatic heterocycles. The van der Waals surface area contributed by atoms with Crippen molar-refractivity contribution in [2.75, 3.05) is 6.61 Å². The third-order valence-electron chi connectivity index (χ3n) is 2.87. The topological polar surface area (TPSA) is 75.3 Å².